The number of hydrogen-bond donors (Lipinski definition) is 2. The van der Waals surface area contributed by atoms with Crippen LogP contribution in [-0.4, -0.2) is 35.6 Å². The first-order chi connectivity index (χ1) is 11.7. The molecule has 1 atom stereocenters. The molecule has 1 aromatic carbocycles. The van der Waals surface area contributed by atoms with Crippen molar-refractivity contribution in [3.05, 3.63) is 52.1 Å². The second-order valence-corrected chi connectivity index (χ2v) is 6.93. The standard InChI is InChI=1S/C18H20ClN3O2/c19-14-3-1-11(2-4-14)13-9-15-16(18(23)20-10-13)22-17(21-15)12-5-7-24-8-6-12/h1-4,12-13H,5-10H2,(H,20,23)(H,21,22)/t13-/m1/s1. The number of hydrogen-bond acceptors (Lipinski definition) is 3. The lowest BCUT2D eigenvalue weighted by Crippen LogP contribution is -2.26. The maximum atomic E-state index is 12.4. The lowest BCUT2D eigenvalue weighted by atomic mass is 9.94. The maximum Gasteiger partial charge on any atom is 0.271 e. The fourth-order valence-corrected chi connectivity index (χ4v) is 3.64. The van der Waals surface area contributed by atoms with Crippen LogP contribution in [0, 0.1) is 0 Å². The van der Waals surface area contributed by atoms with Crippen molar-refractivity contribution in [1.82, 2.24) is 15.3 Å². The Morgan fingerprint density at radius 1 is 1.12 bits per heavy atom. The largest absolute Gasteiger partial charge is 0.381 e. The summed E-state index contributed by atoms with van der Waals surface area (Å²) in [6.07, 6.45) is 2.68. The van der Waals surface area contributed by atoms with Gasteiger partial charge in [0.1, 0.15) is 11.5 Å². The van der Waals surface area contributed by atoms with Crippen LogP contribution < -0.4 is 5.32 Å². The van der Waals surface area contributed by atoms with E-state index in [1.807, 2.05) is 24.3 Å². The van der Waals surface area contributed by atoms with E-state index in [0.717, 1.165) is 49.0 Å². The summed E-state index contributed by atoms with van der Waals surface area (Å²) >= 11 is 5.98. The van der Waals surface area contributed by atoms with E-state index in [-0.39, 0.29) is 11.8 Å². The average Bonchev–Trinajstić information content (AvgIpc) is 2.97. The van der Waals surface area contributed by atoms with Crippen LogP contribution in [0.2, 0.25) is 5.02 Å². The molecule has 126 valence electrons. The number of ether oxygens (including phenoxy) is 1. The average molecular weight is 346 g/mol. The second kappa shape index (κ2) is 6.57. The molecule has 0 aliphatic carbocycles. The van der Waals surface area contributed by atoms with Crippen molar-refractivity contribution >= 4 is 17.5 Å². The van der Waals surface area contributed by atoms with Gasteiger partial charge in [-0.25, -0.2) is 4.98 Å². The van der Waals surface area contributed by atoms with Gasteiger partial charge >= 0.3 is 0 Å². The molecule has 1 fully saturated rings. The summed E-state index contributed by atoms with van der Waals surface area (Å²) in [5.41, 5.74) is 2.66. The zero-order chi connectivity index (χ0) is 16.5. The van der Waals surface area contributed by atoms with Crippen LogP contribution in [0.1, 0.15) is 52.2 Å². The molecule has 2 aliphatic heterocycles. The molecular formula is C18H20ClN3O2. The molecule has 6 heteroatoms. The molecule has 0 radical (unpaired) electrons. The summed E-state index contributed by atoms with van der Waals surface area (Å²) in [6, 6.07) is 7.84. The first-order valence-corrected chi connectivity index (χ1v) is 8.78. The fourth-order valence-electron chi connectivity index (χ4n) is 3.52. The van der Waals surface area contributed by atoms with Crippen LogP contribution in [-0.2, 0) is 11.2 Å². The molecule has 3 heterocycles. The molecule has 4 rings (SSSR count). The summed E-state index contributed by atoms with van der Waals surface area (Å²) in [7, 11) is 0. The van der Waals surface area contributed by atoms with Gasteiger partial charge in [-0.2, -0.15) is 0 Å². The van der Waals surface area contributed by atoms with E-state index in [1.54, 1.807) is 0 Å². The highest BCUT2D eigenvalue weighted by molar-refractivity contribution is 6.30. The van der Waals surface area contributed by atoms with Crippen molar-refractivity contribution in [3.8, 4) is 0 Å². The van der Waals surface area contributed by atoms with Gasteiger partial charge in [0.2, 0.25) is 0 Å². The number of carbonyl (C=O) groups excluding carboxylic acids is 1. The van der Waals surface area contributed by atoms with E-state index in [2.05, 4.69) is 15.3 Å². The Hall–Kier alpha value is -1.85. The molecular weight excluding hydrogens is 326 g/mol. The van der Waals surface area contributed by atoms with Gasteiger partial charge in [-0.1, -0.05) is 23.7 Å². The highest BCUT2D eigenvalue weighted by Crippen LogP contribution is 2.29. The van der Waals surface area contributed by atoms with E-state index in [9.17, 15) is 4.79 Å². The molecule has 0 spiro atoms. The predicted molar refractivity (Wildman–Crippen MR) is 91.6 cm³/mol. The van der Waals surface area contributed by atoms with Gasteiger partial charge in [-0.05, 0) is 37.0 Å². The van der Waals surface area contributed by atoms with Crippen LogP contribution in [0.5, 0.6) is 0 Å². The Bertz CT molecular complexity index is 735. The van der Waals surface area contributed by atoms with Crippen LogP contribution in [0.25, 0.3) is 0 Å². The lowest BCUT2D eigenvalue weighted by molar-refractivity contribution is 0.0836. The number of rotatable bonds is 2. The van der Waals surface area contributed by atoms with Crippen LogP contribution in [0.4, 0.5) is 0 Å². The van der Waals surface area contributed by atoms with E-state index in [4.69, 9.17) is 16.3 Å². The normalized spacial score (nSPS) is 21.9. The number of benzene rings is 1. The topological polar surface area (TPSA) is 67.0 Å². The molecule has 1 saturated heterocycles. The summed E-state index contributed by atoms with van der Waals surface area (Å²) < 4.78 is 5.42. The Balaban J connectivity index is 1.61. The van der Waals surface area contributed by atoms with E-state index < -0.39 is 0 Å². The number of amides is 1. The van der Waals surface area contributed by atoms with Crippen molar-refractivity contribution in [1.29, 1.82) is 0 Å². The highest BCUT2D eigenvalue weighted by Gasteiger charge is 2.28. The van der Waals surface area contributed by atoms with Crippen molar-refractivity contribution in [2.75, 3.05) is 19.8 Å². The smallest absolute Gasteiger partial charge is 0.271 e. The minimum absolute atomic E-state index is 0.0870. The number of aromatic amines is 1. The summed E-state index contributed by atoms with van der Waals surface area (Å²) in [6.45, 7) is 2.13. The first kappa shape index (κ1) is 15.7. The second-order valence-electron chi connectivity index (χ2n) is 6.50. The SMILES string of the molecule is O=C1NC[C@H](c2ccc(Cl)cc2)Cc2[nH]c(C3CCOCC3)nc21. The van der Waals surface area contributed by atoms with Crippen molar-refractivity contribution in [2.45, 2.75) is 31.1 Å². The zero-order valence-corrected chi connectivity index (χ0v) is 14.1. The summed E-state index contributed by atoms with van der Waals surface area (Å²) in [5, 5.41) is 3.72. The maximum absolute atomic E-state index is 12.4. The molecule has 1 amide bonds. The minimum atomic E-state index is -0.0870. The minimum Gasteiger partial charge on any atom is -0.381 e. The monoisotopic (exact) mass is 345 g/mol. The Morgan fingerprint density at radius 2 is 1.88 bits per heavy atom. The Kier molecular flexibility index (Phi) is 4.29. The van der Waals surface area contributed by atoms with Gasteiger partial charge in [0, 0.05) is 42.3 Å². The molecule has 2 aromatic rings. The third kappa shape index (κ3) is 3.06. The summed E-state index contributed by atoms with van der Waals surface area (Å²) in [5.74, 6) is 1.41. The molecule has 0 bridgehead atoms. The van der Waals surface area contributed by atoms with E-state index >= 15 is 0 Å². The first-order valence-electron chi connectivity index (χ1n) is 8.41. The Labute approximate surface area is 145 Å². The molecule has 24 heavy (non-hydrogen) atoms. The van der Waals surface area contributed by atoms with Gasteiger partial charge in [-0.3, -0.25) is 4.79 Å². The molecule has 0 unspecified atom stereocenters. The third-order valence-corrected chi connectivity index (χ3v) is 5.17. The number of nitrogens with one attached hydrogen (secondary N) is 2. The van der Waals surface area contributed by atoms with Crippen LogP contribution in [0.15, 0.2) is 24.3 Å². The lowest BCUT2D eigenvalue weighted by Gasteiger charge is -2.20. The third-order valence-electron chi connectivity index (χ3n) is 4.92. The quantitative estimate of drug-likeness (QED) is 0.879. The molecule has 0 saturated carbocycles. The zero-order valence-electron chi connectivity index (χ0n) is 13.3. The number of imidazole rings is 1. The number of carbonyl (C=O) groups is 1. The number of nitrogens with zero attached hydrogens (tertiary/aromatic N) is 1. The van der Waals surface area contributed by atoms with Crippen molar-refractivity contribution in [2.24, 2.45) is 0 Å². The molecule has 2 N–H and O–H groups in total. The van der Waals surface area contributed by atoms with Gasteiger partial charge in [-0.15, -0.1) is 0 Å². The highest BCUT2D eigenvalue weighted by atomic mass is 35.5. The van der Waals surface area contributed by atoms with Crippen molar-refractivity contribution < 1.29 is 9.53 Å². The van der Waals surface area contributed by atoms with E-state index in [0.29, 0.717) is 18.2 Å². The summed E-state index contributed by atoms with van der Waals surface area (Å²) in [4.78, 5) is 20.4. The van der Waals surface area contributed by atoms with Crippen LogP contribution >= 0.6 is 11.6 Å². The van der Waals surface area contributed by atoms with Crippen LogP contribution in [0.3, 0.4) is 0 Å². The van der Waals surface area contributed by atoms with Gasteiger partial charge < -0.3 is 15.0 Å². The van der Waals surface area contributed by atoms with Gasteiger partial charge in [0.25, 0.3) is 5.91 Å². The van der Waals surface area contributed by atoms with E-state index in [1.165, 1.54) is 5.56 Å². The number of fused-ring (bicyclic) bond motifs is 1. The molecule has 5 nitrogen and oxygen atoms in total. The molecule has 1 aromatic heterocycles. The van der Waals surface area contributed by atoms with Crippen molar-refractivity contribution in [3.63, 3.8) is 0 Å². The predicted octanol–water partition coefficient (Wildman–Crippen LogP) is 3.03. The number of aromatic nitrogens is 2. The van der Waals surface area contributed by atoms with Gasteiger partial charge in [0.15, 0.2) is 0 Å². The fraction of sp³-hybridized carbons (Fsp3) is 0.444. The number of halogens is 1. The molecule has 2 aliphatic rings. The Morgan fingerprint density at radius 3 is 2.62 bits per heavy atom. The van der Waals surface area contributed by atoms with Gasteiger partial charge in [0.05, 0.1) is 0 Å². The number of H-pyrrole nitrogens is 1.